The molecule has 0 atom stereocenters. The summed E-state index contributed by atoms with van der Waals surface area (Å²) in [6.45, 7) is 1.17. The van der Waals surface area contributed by atoms with Crippen LogP contribution in [0, 0.1) is 10.1 Å². The topological polar surface area (TPSA) is 102 Å². The lowest BCUT2D eigenvalue weighted by Crippen LogP contribution is -2.29. The van der Waals surface area contributed by atoms with Crippen LogP contribution in [0.3, 0.4) is 0 Å². The third-order valence-corrected chi connectivity index (χ3v) is 5.94. The second-order valence-electron chi connectivity index (χ2n) is 8.82. The van der Waals surface area contributed by atoms with Crippen LogP contribution < -0.4 is 15.0 Å². The van der Waals surface area contributed by atoms with E-state index in [0.717, 1.165) is 5.39 Å². The van der Waals surface area contributed by atoms with Gasteiger partial charge in [-0.15, -0.1) is 0 Å². The summed E-state index contributed by atoms with van der Waals surface area (Å²) in [5.41, 5.74) is -0.251. The largest absolute Gasteiger partial charge is 0.494 e. The van der Waals surface area contributed by atoms with Gasteiger partial charge in [-0.05, 0) is 31.6 Å². The number of ether oxygens (including phenoxy) is 1. The molecule has 0 aliphatic heterocycles. The summed E-state index contributed by atoms with van der Waals surface area (Å²) in [6, 6.07) is 11.4. The highest BCUT2D eigenvalue weighted by Gasteiger charge is 2.36. The molecule has 0 spiro atoms. The molecule has 1 N–H and O–H groups in total. The van der Waals surface area contributed by atoms with Crippen molar-refractivity contribution >= 4 is 33.9 Å². The molecule has 2 aromatic heterocycles. The third-order valence-electron chi connectivity index (χ3n) is 5.94. The van der Waals surface area contributed by atoms with Gasteiger partial charge in [-0.1, -0.05) is 18.2 Å². The Morgan fingerprint density at radius 3 is 2.53 bits per heavy atom. The first kappa shape index (κ1) is 26.7. The number of methoxy groups -OCH3 is 1. The molecule has 13 heteroatoms. The maximum Gasteiger partial charge on any atom is 0.421 e. The van der Waals surface area contributed by atoms with E-state index in [-0.39, 0.29) is 28.9 Å². The highest BCUT2D eigenvalue weighted by molar-refractivity contribution is 5.82. The number of alkyl halides is 3. The minimum Gasteiger partial charge on any atom is -0.494 e. The van der Waals surface area contributed by atoms with E-state index in [4.69, 9.17) is 4.74 Å². The predicted octanol–water partition coefficient (Wildman–Crippen LogP) is 5.10. The van der Waals surface area contributed by atoms with Crippen molar-refractivity contribution in [2.75, 3.05) is 51.6 Å². The van der Waals surface area contributed by atoms with Crippen molar-refractivity contribution in [1.29, 1.82) is 0 Å². The first-order chi connectivity index (χ1) is 18.0. The number of para-hydroxylation sites is 1. The third kappa shape index (κ3) is 5.47. The summed E-state index contributed by atoms with van der Waals surface area (Å²) in [4.78, 5) is 23.1. The van der Waals surface area contributed by atoms with Crippen LogP contribution in [-0.4, -0.2) is 65.7 Å². The average molecular weight is 530 g/mol. The van der Waals surface area contributed by atoms with Crippen molar-refractivity contribution in [1.82, 2.24) is 19.4 Å². The van der Waals surface area contributed by atoms with Gasteiger partial charge in [0.1, 0.15) is 17.0 Å². The standard InChI is InChI=1S/C25H26F3N7O3/c1-32(2)11-12-33(3)20-14-22(38-4)18(13-21(20)35(36)37)30-24-29-15-17(25(26,27)28)23(31-24)34-10-9-16-7-5-6-8-19(16)34/h5-10,13-15H,11-12H2,1-4H3,(H,29,30,31). The van der Waals surface area contributed by atoms with Gasteiger partial charge in [0.05, 0.1) is 23.2 Å². The molecular formula is C25H26F3N7O3. The summed E-state index contributed by atoms with van der Waals surface area (Å²) >= 11 is 0. The number of anilines is 3. The van der Waals surface area contributed by atoms with Crippen LogP contribution in [0.1, 0.15) is 5.56 Å². The summed E-state index contributed by atoms with van der Waals surface area (Å²) in [5.74, 6) is -0.337. The Hall–Kier alpha value is -4.39. The van der Waals surface area contributed by atoms with E-state index in [1.807, 2.05) is 19.0 Å². The molecule has 0 fully saturated rings. The molecule has 4 aromatic rings. The van der Waals surface area contributed by atoms with E-state index in [2.05, 4.69) is 15.3 Å². The summed E-state index contributed by atoms with van der Waals surface area (Å²) < 4.78 is 48.4. The van der Waals surface area contributed by atoms with E-state index in [9.17, 15) is 23.3 Å². The van der Waals surface area contributed by atoms with Gasteiger partial charge >= 0.3 is 6.18 Å². The SMILES string of the molecule is COc1cc(N(C)CCN(C)C)c([N+](=O)[O-])cc1Nc1ncc(C(F)(F)F)c(-n2ccc3ccccc32)n1. The summed E-state index contributed by atoms with van der Waals surface area (Å²) in [6.07, 6.45) is -2.53. The van der Waals surface area contributed by atoms with Gasteiger partial charge in [0.2, 0.25) is 5.95 Å². The molecule has 0 saturated heterocycles. The van der Waals surface area contributed by atoms with Gasteiger partial charge in [0.15, 0.2) is 5.82 Å². The lowest BCUT2D eigenvalue weighted by Gasteiger charge is -2.23. The van der Waals surface area contributed by atoms with E-state index < -0.39 is 16.7 Å². The fraction of sp³-hybridized carbons (Fsp3) is 0.280. The van der Waals surface area contributed by atoms with Crippen LogP contribution in [-0.2, 0) is 6.18 Å². The molecule has 10 nitrogen and oxygen atoms in total. The zero-order chi connectivity index (χ0) is 27.6. The van der Waals surface area contributed by atoms with Crippen molar-refractivity contribution in [2.24, 2.45) is 0 Å². The molecule has 200 valence electrons. The number of fused-ring (bicyclic) bond motifs is 1. The molecule has 0 aliphatic rings. The number of benzene rings is 2. The van der Waals surface area contributed by atoms with Crippen LogP contribution >= 0.6 is 0 Å². The fourth-order valence-electron chi connectivity index (χ4n) is 3.95. The number of nitrogens with one attached hydrogen (secondary N) is 1. The Kier molecular flexibility index (Phi) is 7.39. The average Bonchev–Trinajstić information content (AvgIpc) is 3.30. The van der Waals surface area contributed by atoms with Crippen molar-refractivity contribution in [3.05, 3.63) is 70.5 Å². The van der Waals surface area contributed by atoms with E-state index in [1.54, 1.807) is 42.3 Å². The molecule has 2 heterocycles. The number of likely N-dealkylation sites (N-methyl/N-ethyl adjacent to an activating group) is 2. The van der Waals surface area contributed by atoms with Crippen molar-refractivity contribution in [3.63, 3.8) is 0 Å². The quantitative estimate of drug-likeness (QED) is 0.236. The Morgan fingerprint density at radius 2 is 1.87 bits per heavy atom. The molecule has 4 rings (SSSR count). The van der Waals surface area contributed by atoms with E-state index in [0.29, 0.717) is 30.5 Å². The van der Waals surface area contributed by atoms with Gasteiger partial charge in [-0.25, -0.2) is 4.98 Å². The second kappa shape index (κ2) is 10.5. The second-order valence-corrected chi connectivity index (χ2v) is 8.82. The number of hydrogen-bond acceptors (Lipinski definition) is 8. The molecule has 0 saturated carbocycles. The van der Waals surface area contributed by atoms with E-state index in [1.165, 1.54) is 30.0 Å². The highest BCUT2D eigenvalue weighted by atomic mass is 19.4. The number of hydrogen-bond donors (Lipinski definition) is 1. The van der Waals surface area contributed by atoms with Gasteiger partial charge in [0, 0.05) is 44.7 Å². The lowest BCUT2D eigenvalue weighted by molar-refractivity contribution is -0.384. The minimum absolute atomic E-state index is 0.132. The van der Waals surface area contributed by atoms with Crippen LogP contribution in [0.5, 0.6) is 5.75 Å². The highest BCUT2D eigenvalue weighted by Crippen LogP contribution is 2.40. The maximum absolute atomic E-state index is 13.9. The number of rotatable bonds is 9. The zero-order valence-corrected chi connectivity index (χ0v) is 21.2. The molecular weight excluding hydrogens is 503 g/mol. The molecule has 0 unspecified atom stereocenters. The number of nitrogens with zero attached hydrogens (tertiary/aromatic N) is 6. The molecule has 0 bridgehead atoms. The Balaban J connectivity index is 1.78. The summed E-state index contributed by atoms with van der Waals surface area (Å²) in [5, 5.41) is 15.4. The maximum atomic E-state index is 13.9. The monoisotopic (exact) mass is 529 g/mol. The molecule has 0 amide bonds. The summed E-state index contributed by atoms with van der Waals surface area (Å²) in [7, 11) is 6.90. The van der Waals surface area contributed by atoms with Crippen molar-refractivity contribution in [3.8, 4) is 11.6 Å². The van der Waals surface area contributed by atoms with Gasteiger partial charge < -0.3 is 24.4 Å². The van der Waals surface area contributed by atoms with Gasteiger partial charge in [0.25, 0.3) is 5.69 Å². The molecule has 2 aromatic carbocycles. The van der Waals surface area contributed by atoms with Crippen molar-refractivity contribution in [2.45, 2.75) is 6.18 Å². The Labute approximate surface area is 216 Å². The van der Waals surface area contributed by atoms with E-state index >= 15 is 0 Å². The Bertz CT molecular complexity index is 1470. The minimum atomic E-state index is -4.71. The molecule has 0 radical (unpaired) electrons. The van der Waals surface area contributed by atoms with Gasteiger partial charge in [-0.2, -0.15) is 18.2 Å². The first-order valence-corrected chi connectivity index (χ1v) is 11.5. The fourth-order valence-corrected chi connectivity index (χ4v) is 3.95. The predicted molar refractivity (Wildman–Crippen MR) is 139 cm³/mol. The smallest absolute Gasteiger partial charge is 0.421 e. The zero-order valence-electron chi connectivity index (χ0n) is 21.2. The van der Waals surface area contributed by atoms with Gasteiger partial charge in [-0.3, -0.25) is 10.1 Å². The van der Waals surface area contributed by atoms with Crippen LogP contribution in [0.15, 0.2) is 54.9 Å². The molecule has 0 aliphatic carbocycles. The van der Waals surface area contributed by atoms with Crippen LogP contribution in [0.2, 0.25) is 0 Å². The lowest BCUT2D eigenvalue weighted by atomic mass is 10.2. The number of nitro groups is 1. The number of aromatic nitrogens is 3. The van der Waals surface area contributed by atoms with Crippen molar-refractivity contribution < 1.29 is 22.8 Å². The van der Waals surface area contributed by atoms with Crippen LogP contribution in [0.25, 0.3) is 16.7 Å². The molecule has 38 heavy (non-hydrogen) atoms. The van der Waals surface area contributed by atoms with Crippen LogP contribution in [0.4, 0.5) is 36.2 Å². The number of nitro benzene ring substituents is 1. The normalized spacial score (nSPS) is 11.7. The first-order valence-electron chi connectivity index (χ1n) is 11.5. The Morgan fingerprint density at radius 1 is 1.13 bits per heavy atom. The number of halogens is 3.